The van der Waals surface area contributed by atoms with Gasteiger partial charge in [0.1, 0.15) is 0 Å². The molecule has 0 atom stereocenters. The summed E-state index contributed by atoms with van der Waals surface area (Å²) in [7, 11) is 3.51. The highest BCUT2D eigenvalue weighted by atomic mass is 16.2. The molecule has 1 rings (SSSR count). The number of hydrogen-bond acceptors (Lipinski definition) is 4. The van der Waals surface area contributed by atoms with Crippen LogP contribution in [0, 0.1) is 0 Å². The number of nitrogens with zero attached hydrogens (tertiary/aromatic N) is 1. The molecule has 18 heavy (non-hydrogen) atoms. The van der Waals surface area contributed by atoms with Gasteiger partial charge in [0.15, 0.2) is 0 Å². The standard InChI is InChI=1S/C12H24N4O2/c1-14-12(18)15-11(17)7-8-16(2)10-5-3-9(13)4-6-10/h9-10H,3-8,13H2,1-2H3,(H2,14,15,17,18). The Labute approximate surface area is 108 Å². The Morgan fingerprint density at radius 2 is 1.89 bits per heavy atom. The van der Waals surface area contributed by atoms with Crippen LogP contribution >= 0.6 is 0 Å². The van der Waals surface area contributed by atoms with Crippen molar-refractivity contribution in [3.63, 3.8) is 0 Å². The Morgan fingerprint density at radius 3 is 2.44 bits per heavy atom. The number of urea groups is 1. The zero-order chi connectivity index (χ0) is 13.5. The molecule has 0 aromatic carbocycles. The number of rotatable bonds is 4. The number of amides is 3. The SMILES string of the molecule is CNC(=O)NC(=O)CCN(C)C1CCC(N)CC1. The van der Waals surface area contributed by atoms with Crippen molar-refractivity contribution in [2.45, 2.75) is 44.2 Å². The lowest BCUT2D eigenvalue weighted by molar-refractivity contribution is -0.120. The highest BCUT2D eigenvalue weighted by Gasteiger charge is 2.22. The Kier molecular flexibility index (Phi) is 6.07. The van der Waals surface area contributed by atoms with E-state index in [2.05, 4.69) is 15.5 Å². The molecule has 6 heteroatoms. The Hall–Kier alpha value is -1.14. The lowest BCUT2D eigenvalue weighted by Gasteiger charge is -2.33. The Morgan fingerprint density at radius 1 is 1.28 bits per heavy atom. The van der Waals surface area contributed by atoms with Gasteiger partial charge in [0.2, 0.25) is 5.91 Å². The number of nitrogens with one attached hydrogen (secondary N) is 2. The number of carbonyl (C=O) groups is 2. The summed E-state index contributed by atoms with van der Waals surface area (Å²) in [4.78, 5) is 24.6. The normalized spacial score (nSPS) is 23.8. The van der Waals surface area contributed by atoms with Gasteiger partial charge in [-0.3, -0.25) is 10.1 Å². The third-order valence-corrected chi connectivity index (χ3v) is 3.54. The van der Waals surface area contributed by atoms with Crippen LogP contribution in [0.15, 0.2) is 0 Å². The molecule has 4 N–H and O–H groups in total. The van der Waals surface area contributed by atoms with E-state index in [0.29, 0.717) is 25.0 Å². The first-order chi connectivity index (χ1) is 8.52. The average Bonchev–Trinajstić information content (AvgIpc) is 2.36. The van der Waals surface area contributed by atoms with E-state index in [0.717, 1.165) is 25.7 Å². The van der Waals surface area contributed by atoms with Crippen LogP contribution in [-0.2, 0) is 4.79 Å². The zero-order valence-electron chi connectivity index (χ0n) is 11.2. The minimum atomic E-state index is -0.453. The van der Waals surface area contributed by atoms with Gasteiger partial charge in [-0.05, 0) is 32.7 Å². The summed E-state index contributed by atoms with van der Waals surface area (Å²) in [6, 6.07) is 0.398. The van der Waals surface area contributed by atoms with E-state index in [4.69, 9.17) is 5.73 Å². The van der Waals surface area contributed by atoms with Crippen LogP contribution in [0.1, 0.15) is 32.1 Å². The van der Waals surface area contributed by atoms with E-state index >= 15 is 0 Å². The molecule has 1 aliphatic carbocycles. The van der Waals surface area contributed by atoms with Gasteiger partial charge >= 0.3 is 6.03 Å². The second-order valence-corrected chi connectivity index (χ2v) is 4.93. The Bertz CT molecular complexity index is 288. The minimum absolute atomic E-state index is 0.242. The van der Waals surface area contributed by atoms with E-state index in [-0.39, 0.29) is 5.91 Å². The topological polar surface area (TPSA) is 87.5 Å². The molecule has 0 aliphatic heterocycles. The van der Waals surface area contributed by atoms with Crippen LogP contribution in [0.3, 0.4) is 0 Å². The maximum absolute atomic E-state index is 11.4. The van der Waals surface area contributed by atoms with Gasteiger partial charge in [-0.15, -0.1) is 0 Å². The molecule has 1 aliphatic rings. The summed E-state index contributed by atoms with van der Waals surface area (Å²) in [5, 5.41) is 4.61. The molecule has 0 radical (unpaired) electrons. The number of imide groups is 1. The molecular weight excluding hydrogens is 232 g/mol. The molecule has 0 bridgehead atoms. The quantitative estimate of drug-likeness (QED) is 0.662. The molecule has 0 saturated heterocycles. The van der Waals surface area contributed by atoms with Gasteiger partial charge in [-0.25, -0.2) is 4.79 Å². The largest absolute Gasteiger partial charge is 0.341 e. The van der Waals surface area contributed by atoms with Crippen molar-refractivity contribution < 1.29 is 9.59 Å². The summed E-state index contributed by atoms with van der Waals surface area (Å²) in [5.74, 6) is -0.242. The number of carbonyl (C=O) groups excluding carboxylic acids is 2. The van der Waals surface area contributed by atoms with Crippen LogP contribution in [0.5, 0.6) is 0 Å². The molecule has 6 nitrogen and oxygen atoms in total. The Balaban J connectivity index is 2.22. The smallest absolute Gasteiger partial charge is 0.321 e. The van der Waals surface area contributed by atoms with E-state index in [9.17, 15) is 9.59 Å². The highest BCUT2D eigenvalue weighted by molar-refractivity contribution is 5.94. The average molecular weight is 256 g/mol. The first-order valence-corrected chi connectivity index (χ1v) is 6.50. The van der Waals surface area contributed by atoms with Gasteiger partial charge in [-0.1, -0.05) is 0 Å². The predicted octanol–water partition coefficient (Wildman–Crippen LogP) is 0.0338. The van der Waals surface area contributed by atoms with Crippen molar-refractivity contribution in [2.24, 2.45) is 5.73 Å². The molecule has 0 aromatic rings. The van der Waals surface area contributed by atoms with E-state index in [1.807, 2.05) is 7.05 Å². The molecule has 1 fully saturated rings. The van der Waals surface area contributed by atoms with Crippen LogP contribution in [0.2, 0.25) is 0 Å². The fourth-order valence-electron chi connectivity index (χ4n) is 2.25. The molecule has 104 valence electrons. The second-order valence-electron chi connectivity index (χ2n) is 4.93. The predicted molar refractivity (Wildman–Crippen MR) is 70.1 cm³/mol. The summed E-state index contributed by atoms with van der Waals surface area (Å²) < 4.78 is 0. The highest BCUT2D eigenvalue weighted by Crippen LogP contribution is 2.21. The fourth-order valence-corrected chi connectivity index (χ4v) is 2.25. The number of nitrogens with two attached hydrogens (primary N) is 1. The van der Waals surface area contributed by atoms with Crippen molar-refractivity contribution in [2.75, 3.05) is 20.6 Å². The van der Waals surface area contributed by atoms with Gasteiger partial charge in [-0.2, -0.15) is 0 Å². The van der Waals surface area contributed by atoms with E-state index in [1.165, 1.54) is 7.05 Å². The maximum Gasteiger partial charge on any atom is 0.321 e. The summed E-state index contributed by atoms with van der Waals surface area (Å²) in [6.45, 7) is 0.669. The number of hydrogen-bond donors (Lipinski definition) is 3. The molecular formula is C12H24N4O2. The van der Waals surface area contributed by atoms with Crippen molar-refractivity contribution in [3.05, 3.63) is 0 Å². The van der Waals surface area contributed by atoms with Crippen molar-refractivity contribution in [1.82, 2.24) is 15.5 Å². The summed E-state index contributed by atoms with van der Waals surface area (Å²) >= 11 is 0. The lowest BCUT2D eigenvalue weighted by atomic mass is 9.91. The first-order valence-electron chi connectivity index (χ1n) is 6.50. The van der Waals surface area contributed by atoms with Gasteiger partial charge in [0.25, 0.3) is 0 Å². The first kappa shape index (κ1) is 14.9. The van der Waals surface area contributed by atoms with E-state index < -0.39 is 6.03 Å². The third kappa shape index (κ3) is 5.01. The van der Waals surface area contributed by atoms with Crippen LogP contribution in [0.25, 0.3) is 0 Å². The molecule has 3 amide bonds. The minimum Gasteiger partial charge on any atom is -0.341 e. The fraction of sp³-hybridized carbons (Fsp3) is 0.833. The van der Waals surface area contributed by atoms with Gasteiger partial charge in [0, 0.05) is 32.1 Å². The van der Waals surface area contributed by atoms with Crippen LogP contribution in [0.4, 0.5) is 4.79 Å². The van der Waals surface area contributed by atoms with Gasteiger partial charge in [0.05, 0.1) is 0 Å². The molecule has 0 aromatic heterocycles. The van der Waals surface area contributed by atoms with Crippen LogP contribution in [-0.4, -0.2) is 49.6 Å². The van der Waals surface area contributed by atoms with Crippen molar-refractivity contribution >= 4 is 11.9 Å². The third-order valence-electron chi connectivity index (χ3n) is 3.54. The van der Waals surface area contributed by atoms with Crippen molar-refractivity contribution in [1.29, 1.82) is 0 Å². The second kappa shape index (κ2) is 7.33. The zero-order valence-corrected chi connectivity index (χ0v) is 11.2. The maximum atomic E-state index is 11.4. The molecule has 0 spiro atoms. The molecule has 1 saturated carbocycles. The molecule has 0 unspecified atom stereocenters. The lowest BCUT2D eigenvalue weighted by Crippen LogP contribution is -2.42. The molecule has 0 heterocycles. The summed E-state index contributed by atoms with van der Waals surface area (Å²) in [6.07, 6.45) is 4.63. The van der Waals surface area contributed by atoms with E-state index in [1.54, 1.807) is 0 Å². The van der Waals surface area contributed by atoms with Crippen molar-refractivity contribution in [3.8, 4) is 0 Å². The summed E-state index contributed by atoms with van der Waals surface area (Å²) in [5.41, 5.74) is 5.86. The van der Waals surface area contributed by atoms with Crippen LogP contribution < -0.4 is 16.4 Å². The monoisotopic (exact) mass is 256 g/mol. The van der Waals surface area contributed by atoms with Gasteiger partial charge < -0.3 is 16.0 Å².